The first kappa shape index (κ1) is 17.2. The van der Waals surface area contributed by atoms with Crippen LogP contribution in [-0.4, -0.2) is 9.85 Å². The van der Waals surface area contributed by atoms with E-state index in [4.69, 9.17) is 4.74 Å². The summed E-state index contributed by atoms with van der Waals surface area (Å²) in [5, 5.41) is 22.1. The molecule has 0 aliphatic rings. The lowest BCUT2D eigenvalue weighted by atomic mass is 10.1. The lowest BCUT2D eigenvalue weighted by Gasteiger charge is -2.11. The average Bonchev–Trinajstić information content (AvgIpc) is 2.48. The largest absolute Gasteiger partial charge is 0.444 e. The zero-order valence-corrected chi connectivity index (χ0v) is 12.0. The van der Waals surface area contributed by atoms with E-state index in [1.54, 1.807) is 19.1 Å². The van der Waals surface area contributed by atoms with Crippen LogP contribution >= 0.6 is 0 Å². The maximum absolute atomic E-state index is 12.8. The molecule has 0 aromatic heterocycles. The van der Waals surface area contributed by atoms with Gasteiger partial charge in [0.1, 0.15) is 5.75 Å². The van der Waals surface area contributed by atoms with Crippen LogP contribution in [0, 0.1) is 27.2 Å². The summed E-state index contributed by atoms with van der Waals surface area (Å²) in [6.07, 6.45) is -4.97. The quantitative estimate of drug-likeness (QED) is 0.596. The van der Waals surface area contributed by atoms with Crippen LogP contribution in [0.5, 0.6) is 11.5 Å². The van der Waals surface area contributed by atoms with E-state index in [2.05, 4.69) is 0 Å². The number of ether oxygens (including phenoxy) is 1. The Bertz CT molecular complexity index is 768. The van der Waals surface area contributed by atoms with Crippen molar-refractivity contribution in [2.75, 3.05) is 0 Å². The van der Waals surface area contributed by atoms with Gasteiger partial charge in [-0.25, -0.2) is 0 Å². The molecule has 126 valence electrons. The van der Waals surface area contributed by atoms with Gasteiger partial charge in [-0.15, -0.1) is 0 Å². The van der Waals surface area contributed by atoms with Crippen molar-refractivity contribution in [3.8, 4) is 11.5 Å². The maximum Gasteiger partial charge on any atom is 0.416 e. The first-order chi connectivity index (χ1) is 11.1. The number of nitrogens with zero attached hydrogens (tertiary/aromatic N) is 2. The number of alkyl halides is 3. The van der Waals surface area contributed by atoms with Crippen molar-refractivity contribution in [1.29, 1.82) is 0 Å². The Hall–Kier alpha value is -3.17. The van der Waals surface area contributed by atoms with Gasteiger partial charge in [-0.05, 0) is 19.1 Å². The zero-order valence-electron chi connectivity index (χ0n) is 12.0. The Kier molecular flexibility index (Phi) is 4.40. The molecule has 2 aromatic rings. The monoisotopic (exact) mass is 342 g/mol. The maximum atomic E-state index is 12.8. The second-order valence-electron chi connectivity index (χ2n) is 4.77. The van der Waals surface area contributed by atoms with Crippen LogP contribution in [0.1, 0.15) is 11.1 Å². The van der Waals surface area contributed by atoms with Crippen LogP contribution < -0.4 is 4.74 Å². The number of hydrogen-bond donors (Lipinski definition) is 0. The highest BCUT2D eigenvalue weighted by molar-refractivity contribution is 5.63. The molecule has 24 heavy (non-hydrogen) atoms. The van der Waals surface area contributed by atoms with Crippen molar-refractivity contribution in [2.24, 2.45) is 0 Å². The summed E-state index contributed by atoms with van der Waals surface area (Å²) in [4.78, 5) is 19.8. The predicted molar refractivity (Wildman–Crippen MR) is 76.0 cm³/mol. The summed E-state index contributed by atoms with van der Waals surface area (Å²) in [5.74, 6) is -0.839. The van der Waals surface area contributed by atoms with E-state index in [1.807, 2.05) is 0 Å². The standard InChI is InChI=1S/C14H9F3N2O5/c1-8-2-4-10(5-3-8)24-13-11(18(20)21)6-9(14(15,16)17)7-12(13)19(22)23/h2-7H,1H3. The zero-order chi connectivity index (χ0) is 18.1. The molecule has 0 saturated heterocycles. The van der Waals surface area contributed by atoms with Gasteiger partial charge >= 0.3 is 17.6 Å². The number of hydrogen-bond acceptors (Lipinski definition) is 5. The van der Waals surface area contributed by atoms with E-state index in [1.165, 1.54) is 12.1 Å². The first-order valence-electron chi connectivity index (χ1n) is 6.38. The van der Waals surface area contributed by atoms with Crippen molar-refractivity contribution >= 4 is 11.4 Å². The smallest absolute Gasteiger partial charge is 0.416 e. The van der Waals surface area contributed by atoms with Gasteiger partial charge in [-0.2, -0.15) is 13.2 Å². The normalized spacial score (nSPS) is 11.2. The third kappa shape index (κ3) is 3.59. The van der Waals surface area contributed by atoms with Gasteiger partial charge in [0, 0.05) is 12.1 Å². The van der Waals surface area contributed by atoms with Gasteiger partial charge in [-0.3, -0.25) is 20.2 Å². The number of nitro benzene ring substituents is 2. The minimum absolute atomic E-state index is 0.0200. The average molecular weight is 342 g/mol. The Morgan fingerprint density at radius 1 is 0.958 bits per heavy atom. The fourth-order valence-corrected chi connectivity index (χ4v) is 1.86. The Morgan fingerprint density at radius 3 is 1.79 bits per heavy atom. The summed E-state index contributed by atoms with van der Waals surface area (Å²) in [6, 6.07) is 6.35. The van der Waals surface area contributed by atoms with E-state index >= 15 is 0 Å². The van der Waals surface area contributed by atoms with E-state index in [-0.39, 0.29) is 17.9 Å². The van der Waals surface area contributed by atoms with Crippen molar-refractivity contribution < 1.29 is 27.8 Å². The van der Waals surface area contributed by atoms with Gasteiger partial charge in [0.05, 0.1) is 15.4 Å². The molecule has 0 spiro atoms. The molecule has 2 aromatic carbocycles. The lowest BCUT2D eigenvalue weighted by Crippen LogP contribution is -2.08. The van der Waals surface area contributed by atoms with Crippen LogP contribution in [0.15, 0.2) is 36.4 Å². The van der Waals surface area contributed by atoms with E-state index < -0.39 is 38.7 Å². The van der Waals surface area contributed by atoms with Crippen LogP contribution in [0.3, 0.4) is 0 Å². The number of halogens is 3. The molecule has 0 fully saturated rings. The van der Waals surface area contributed by atoms with Crippen LogP contribution in [0.4, 0.5) is 24.5 Å². The summed E-state index contributed by atoms with van der Waals surface area (Å²) in [6.45, 7) is 1.76. The van der Waals surface area contributed by atoms with Gasteiger partial charge in [-0.1, -0.05) is 17.7 Å². The summed E-state index contributed by atoms with van der Waals surface area (Å²) in [7, 11) is 0. The van der Waals surface area contributed by atoms with Gasteiger partial charge in [0.15, 0.2) is 0 Å². The fourth-order valence-electron chi connectivity index (χ4n) is 1.86. The molecular formula is C14H9F3N2O5. The number of rotatable bonds is 4. The molecule has 7 nitrogen and oxygen atoms in total. The minimum Gasteiger partial charge on any atom is -0.444 e. The van der Waals surface area contributed by atoms with Gasteiger partial charge < -0.3 is 4.74 Å². The molecular weight excluding hydrogens is 333 g/mol. The molecule has 0 saturated carbocycles. The molecule has 0 unspecified atom stereocenters. The Balaban J connectivity index is 2.65. The van der Waals surface area contributed by atoms with Crippen LogP contribution in [-0.2, 0) is 6.18 Å². The van der Waals surface area contributed by atoms with Crippen LogP contribution in [0.25, 0.3) is 0 Å². The van der Waals surface area contributed by atoms with Gasteiger partial charge in [0.25, 0.3) is 5.75 Å². The molecule has 2 rings (SSSR count). The third-order valence-corrected chi connectivity index (χ3v) is 3.01. The predicted octanol–water partition coefficient (Wildman–Crippen LogP) is 4.62. The molecule has 10 heteroatoms. The minimum atomic E-state index is -4.97. The highest BCUT2D eigenvalue weighted by atomic mass is 19.4. The highest BCUT2D eigenvalue weighted by Gasteiger charge is 2.38. The molecule has 0 aliphatic carbocycles. The molecule has 0 bridgehead atoms. The second-order valence-corrected chi connectivity index (χ2v) is 4.77. The van der Waals surface area contributed by atoms with Gasteiger partial charge in [0.2, 0.25) is 0 Å². The molecule has 0 aliphatic heterocycles. The van der Waals surface area contributed by atoms with Crippen molar-refractivity contribution in [1.82, 2.24) is 0 Å². The number of aryl methyl sites for hydroxylation is 1. The summed E-state index contributed by atoms with van der Waals surface area (Å²) in [5.41, 5.74) is -2.95. The molecule has 0 N–H and O–H groups in total. The molecule has 0 radical (unpaired) electrons. The van der Waals surface area contributed by atoms with E-state index in [0.29, 0.717) is 0 Å². The second kappa shape index (κ2) is 6.14. The number of nitro groups is 2. The summed E-state index contributed by atoms with van der Waals surface area (Å²) < 4.78 is 43.5. The SMILES string of the molecule is Cc1ccc(Oc2c([N+](=O)[O-])cc(C(F)(F)F)cc2[N+](=O)[O-])cc1. The third-order valence-electron chi connectivity index (χ3n) is 3.01. The van der Waals surface area contributed by atoms with Crippen LogP contribution in [0.2, 0.25) is 0 Å². The highest BCUT2D eigenvalue weighted by Crippen LogP contribution is 2.44. The van der Waals surface area contributed by atoms with E-state index in [9.17, 15) is 33.4 Å². The summed E-state index contributed by atoms with van der Waals surface area (Å²) >= 11 is 0. The Labute approximate surface area is 132 Å². The van der Waals surface area contributed by atoms with Crippen molar-refractivity contribution in [3.63, 3.8) is 0 Å². The fraction of sp³-hybridized carbons (Fsp3) is 0.143. The number of benzene rings is 2. The topological polar surface area (TPSA) is 95.5 Å². The first-order valence-corrected chi connectivity index (χ1v) is 6.38. The molecule has 0 atom stereocenters. The molecule has 0 heterocycles. The Morgan fingerprint density at radius 2 is 1.42 bits per heavy atom. The molecule has 0 amide bonds. The van der Waals surface area contributed by atoms with Crippen molar-refractivity contribution in [3.05, 3.63) is 67.8 Å². The van der Waals surface area contributed by atoms with E-state index in [0.717, 1.165) is 5.56 Å². The lowest BCUT2D eigenvalue weighted by molar-refractivity contribution is -0.396. The van der Waals surface area contributed by atoms with Crippen molar-refractivity contribution in [2.45, 2.75) is 13.1 Å².